The highest BCUT2D eigenvalue weighted by Gasteiger charge is 2.12. The molecule has 0 unspecified atom stereocenters. The lowest BCUT2D eigenvalue weighted by molar-refractivity contribution is 0.530. The van der Waals surface area contributed by atoms with Gasteiger partial charge in [0.15, 0.2) is 5.76 Å². The summed E-state index contributed by atoms with van der Waals surface area (Å²) in [5.74, 6) is 1.80. The molecule has 0 atom stereocenters. The first-order valence-electron chi connectivity index (χ1n) is 7.28. The second-order valence-corrected chi connectivity index (χ2v) is 6.69. The molecule has 0 saturated heterocycles. The highest BCUT2D eigenvalue weighted by atomic mass is 35.5. The van der Waals surface area contributed by atoms with Crippen molar-refractivity contribution in [3.8, 4) is 17.4 Å². The van der Waals surface area contributed by atoms with E-state index in [2.05, 4.69) is 16.0 Å². The van der Waals surface area contributed by atoms with Crippen molar-refractivity contribution in [2.75, 3.05) is 0 Å². The maximum atomic E-state index is 9.31. The van der Waals surface area contributed by atoms with E-state index in [4.69, 9.17) is 16.0 Å². The van der Waals surface area contributed by atoms with Gasteiger partial charge in [-0.1, -0.05) is 23.4 Å². The largest absolute Gasteiger partial charge is 0.440 e. The number of nitriles is 1. The summed E-state index contributed by atoms with van der Waals surface area (Å²) in [5, 5.41) is 10.7. The van der Waals surface area contributed by atoms with E-state index in [1.54, 1.807) is 6.20 Å². The first kappa shape index (κ1) is 16.6. The van der Waals surface area contributed by atoms with E-state index in [1.165, 1.54) is 11.8 Å². The maximum absolute atomic E-state index is 9.31. The van der Waals surface area contributed by atoms with Gasteiger partial charge in [-0.05, 0) is 49.7 Å². The number of oxazole rings is 1. The van der Waals surface area contributed by atoms with Crippen molar-refractivity contribution >= 4 is 23.4 Å². The monoisotopic (exact) mass is 355 g/mol. The van der Waals surface area contributed by atoms with E-state index < -0.39 is 0 Å². The number of aryl methyl sites for hydroxylation is 2. The molecular formula is C18H14ClN3OS. The van der Waals surface area contributed by atoms with Crippen molar-refractivity contribution in [1.82, 2.24) is 9.97 Å². The Balaban J connectivity index is 1.77. The second kappa shape index (κ2) is 7.08. The Labute approximate surface area is 149 Å². The third kappa shape index (κ3) is 3.61. The standard InChI is InChI=1S/C18H14ClN3OS/c1-11-7-12(2)22-18(15(11)8-20)24-10-17-21-9-16(23-17)13-3-5-14(19)6-4-13/h3-7,9H,10H2,1-2H3. The number of thioether (sulfide) groups is 1. The van der Waals surface area contributed by atoms with Crippen molar-refractivity contribution in [3.05, 3.63) is 64.3 Å². The predicted octanol–water partition coefficient (Wildman–Crippen LogP) is 5.17. The molecule has 3 aromatic rings. The van der Waals surface area contributed by atoms with Crippen molar-refractivity contribution in [1.29, 1.82) is 5.26 Å². The molecule has 0 fully saturated rings. The normalized spacial score (nSPS) is 10.6. The first-order chi connectivity index (χ1) is 11.6. The molecule has 1 aromatic carbocycles. The summed E-state index contributed by atoms with van der Waals surface area (Å²) < 4.78 is 5.78. The van der Waals surface area contributed by atoms with E-state index in [9.17, 15) is 5.26 Å². The van der Waals surface area contributed by atoms with Crippen molar-refractivity contribution < 1.29 is 4.42 Å². The van der Waals surface area contributed by atoms with Crippen LogP contribution < -0.4 is 0 Å². The summed E-state index contributed by atoms with van der Waals surface area (Å²) >= 11 is 7.35. The summed E-state index contributed by atoms with van der Waals surface area (Å²) in [4.78, 5) is 8.75. The molecule has 0 bridgehead atoms. The van der Waals surface area contributed by atoms with E-state index in [1.807, 2.05) is 44.2 Å². The molecule has 0 aliphatic heterocycles. The summed E-state index contributed by atoms with van der Waals surface area (Å²) in [6.07, 6.45) is 1.69. The van der Waals surface area contributed by atoms with Gasteiger partial charge in [-0.25, -0.2) is 9.97 Å². The number of benzene rings is 1. The van der Waals surface area contributed by atoms with Crippen molar-refractivity contribution in [2.24, 2.45) is 0 Å². The Kier molecular flexibility index (Phi) is 4.89. The molecule has 0 aliphatic carbocycles. The van der Waals surface area contributed by atoms with Crippen LogP contribution in [-0.4, -0.2) is 9.97 Å². The third-order valence-electron chi connectivity index (χ3n) is 3.44. The smallest absolute Gasteiger partial charge is 0.205 e. The minimum absolute atomic E-state index is 0.512. The third-order valence-corrected chi connectivity index (χ3v) is 4.65. The van der Waals surface area contributed by atoms with Crippen LogP contribution >= 0.6 is 23.4 Å². The number of hydrogen-bond donors (Lipinski definition) is 0. The van der Waals surface area contributed by atoms with Gasteiger partial charge in [-0.15, -0.1) is 0 Å². The SMILES string of the molecule is Cc1cc(C)c(C#N)c(SCc2ncc(-c3ccc(Cl)cc3)o2)n1. The van der Waals surface area contributed by atoms with Gasteiger partial charge in [-0.3, -0.25) is 0 Å². The van der Waals surface area contributed by atoms with Crippen LogP contribution in [0.3, 0.4) is 0 Å². The van der Waals surface area contributed by atoms with Gasteiger partial charge in [0.2, 0.25) is 5.89 Å². The Morgan fingerprint density at radius 1 is 1.25 bits per heavy atom. The number of pyridine rings is 1. The molecule has 2 aromatic heterocycles. The minimum Gasteiger partial charge on any atom is -0.440 e. The molecule has 0 spiro atoms. The molecule has 3 rings (SSSR count). The summed E-state index contributed by atoms with van der Waals surface area (Å²) in [6.45, 7) is 3.84. The van der Waals surface area contributed by atoms with Crippen LogP contribution in [-0.2, 0) is 5.75 Å². The summed E-state index contributed by atoms with van der Waals surface area (Å²) in [5.41, 5.74) is 3.35. The Hall–Kier alpha value is -2.29. The van der Waals surface area contributed by atoms with Gasteiger partial charge in [0.25, 0.3) is 0 Å². The van der Waals surface area contributed by atoms with E-state index in [-0.39, 0.29) is 0 Å². The van der Waals surface area contributed by atoms with Gasteiger partial charge in [0.05, 0.1) is 17.5 Å². The van der Waals surface area contributed by atoms with Crippen LogP contribution in [0.15, 0.2) is 46.0 Å². The Morgan fingerprint density at radius 3 is 2.71 bits per heavy atom. The van der Waals surface area contributed by atoms with Crippen molar-refractivity contribution in [2.45, 2.75) is 24.6 Å². The molecule has 0 N–H and O–H groups in total. The van der Waals surface area contributed by atoms with Gasteiger partial charge in [-0.2, -0.15) is 5.26 Å². The number of nitrogens with zero attached hydrogens (tertiary/aromatic N) is 3. The number of aromatic nitrogens is 2. The van der Waals surface area contributed by atoms with Gasteiger partial charge in [0, 0.05) is 16.3 Å². The molecule has 0 saturated carbocycles. The lowest BCUT2D eigenvalue weighted by Gasteiger charge is -2.06. The zero-order valence-corrected chi connectivity index (χ0v) is 14.8. The molecule has 0 amide bonds. The number of hydrogen-bond acceptors (Lipinski definition) is 5. The van der Waals surface area contributed by atoms with Gasteiger partial charge >= 0.3 is 0 Å². The molecule has 120 valence electrons. The van der Waals surface area contributed by atoms with Crippen LogP contribution in [0.4, 0.5) is 0 Å². The van der Waals surface area contributed by atoms with E-state index in [0.717, 1.165) is 16.8 Å². The fourth-order valence-electron chi connectivity index (χ4n) is 2.30. The van der Waals surface area contributed by atoms with Gasteiger partial charge in [0.1, 0.15) is 11.1 Å². The zero-order chi connectivity index (χ0) is 17.1. The molecule has 4 nitrogen and oxygen atoms in total. The fraction of sp³-hybridized carbons (Fsp3) is 0.167. The van der Waals surface area contributed by atoms with Crippen LogP contribution in [0.5, 0.6) is 0 Å². The average Bonchev–Trinajstić information content (AvgIpc) is 3.02. The van der Waals surface area contributed by atoms with Crippen LogP contribution in [0, 0.1) is 25.2 Å². The molecule has 0 radical (unpaired) electrons. The van der Waals surface area contributed by atoms with Gasteiger partial charge < -0.3 is 4.42 Å². The summed E-state index contributed by atoms with van der Waals surface area (Å²) in [7, 11) is 0. The lowest BCUT2D eigenvalue weighted by Crippen LogP contribution is -1.94. The Morgan fingerprint density at radius 2 is 2.00 bits per heavy atom. The highest BCUT2D eigenvalue weighted by molar-refractivity contribution is 7.98. The number of rotatable bonds is 4. The molecular weight excluding hydrogens is 342 g/mol. The van der Waals surface area contributed by atoms with Crippen molar-refractivity contribution in [3.63, 3.8) is 0 Å². The molecule has 24 heavy (non-hydrogen) atoms. The molecule has 6 heteroatoms. The van der Waals surface area contributed by atoms with Crippen LogP contribution in [0.25, 0.3) is 11.3 Å². The summed E-state index contributed by atoms with van der Waals surface area (Å²) in [6, 6.07) is 11.5. The number of halogens is 1. The second-order valence-electron chi connectivity index (χ2n) is 5.29. The first-order valence-corrected chi connectivity index (χ1v) is 8.65. The quantitative estimate of drug-likeness (QED) is 0.604. The van der Waals surface area contributed by atoms with E-state index >= 15 is 0 Å². The zero-order valence-electron chi connectivity index (χ0n) is 13.2. The van der Waals surface area contributed by atoms with Crippen LogP contribution in [0.1, 0.15) is 22.7 Å². The molecule has 0 aliphatic rings. The lowest BCUT2D eigenvalue weighted by atomic mass is 10.1. The molecule has 2 heterocycles. The predicted molar refractivity (Wildman–Crippen MR) is 94.9 cm³/mol. The highest BCUT2D eigenvalue weighted by Crippen LogP contribution is 2.28. The van der Waals surface area contributed by atoms with E-state index in [0.29, 0.717) is 33.0 Å². The minimum atomic E-state index is 0.512. The average molecular weight is 356 g/mol. The maximum Gasteiger partial charge on any atom is 0.205 e. The fourth-order valence-corrected chi connectivity index (χ4v) is 3.38. The van der Waals surface area contributed by atoms with Crippen LogP contribution in [0.2, 0.25) is 5.02 Å². The topological polar surface area (TPSA) is 62.7 Å². The Bertz CT molecular complexity index is 913.